The molecule has 12 heavy (non-hydrogen) atoms. The molecule has 0 aliphatic carbocycles. The van der Waals surface area contributed by atoms with E-state index in [9.17, 15) is 0 Å². The molecule has 1 aliphatic rings. The van der Waals surface area contributed by atoms with Gasteiger partial charge in [0.2, 0.25) is 0 Å². The highest BCUT2D eigenvalue weighted by atomic mass is 15.4. The Morgan fingerprint density at radius 3 is 2.25 bits per heavy atom. The maximum atomic E-state index is 5.64. The van der Waals surface area contributed by atoms with E-state index in [4.69, 9.17) is 11.6 Å². The summed E-state index contributed by atoms with van der Waals surface area (Å²) in [6, 6.07) is 0. The summed E-state index contributed by atoms with van der Waals surface area (Å²) in [5.74, 6) is 5.64. The minimum absolute atomic E-state index is 0.816. The van der Waals surface area contributed by atoms with Crippen molar-refractivity contribution in [3.05, 3.63) is 0 Å². The maximum Gasteiger partial charge on any atom is 0.0257 e. The smallest absolute Gasteiger partial charge is 0.0257 e. The van der Waals surface area contributed by atoms with E-state index in [2.05, 4.69) is 4.90 Å². The first kappa shape index (κ1) is 9.92. The lowest BCUT2D eigenvalue weighted by Crippen LogP contribution is -2.49. The monoisotopic (exact) mass is 172 g/mol. The lowest BCUT2D eigenvalue weighted by molar-refractivity contribution is 0.132. The van der Waals surface area contributed by atoms with E-state index in [1.165, 1.54) is 13.0 Å². The Bertz CT molecular complexity index is 110. The van der Waals surface area contributed by atoms with Gasteiger partial charge in [-0.1, -0.05) is 0 Å². The molecule has 0 radical (unpaired) electrons. The molecule has 0 amide bonds. The van der Waals surface area contributed by atoms with Crippen LogP contribution in [0.2, 0.25) is 0 Å². The van der Waals surface area contributed by atoms with E-state index >= 15 is 0 Å². The molecule has 72 valence electrons. The molecule has 0 aromatic carbocycles. The van der Waals surface area contributed by atoms with Gasteiger partial charge in [-0.15, -0.1) is 0 Å². The van der Waals surface area contributed by atoms with E-state index in [1.807, 2.05) is 5.01 Å². The van der Waals surface area contributed by atoms with E-state index in [0.29, 0.717) is 0 Å². The summed E-state index contributed by atoms with van der Waals surface area (Å²) in [5, 5.41) is 1.89. The first-order valence-corrected chi connectivity index (χ1v) is 4.75. The number of piperazine rings is 1. The van der Waals surface area contributed by atoms with Crippen LogP contribution in [0.15, 0.2) is 0 Å². The highest BCUT2D eigenvalue weighted by molar-refractivity contribution is 4.67. The summed E-state index contributed by atoms with van der Waals surface area (Å²) in [4.78, 5) is 2.46. The molecule has 0 spiro atoms. The number of nitrogens with zero attached hydrogens (tertiary/aromatic N) is 2. The predicted octanol–water partition coefficient (Wildman–Crippen LogP) is -0.783. The van der Waals surface area contributed by atoms with Gasteiger partial charge in [-0.25, -0.2) is 5.01 Å². The SMILES string of the molecule is NCCCCN1CCN(N)CC1. The first-order chi connectivity index (χ1) is 5.83. The second-order valence-corrected chi connectivity index (χ2v) is 3.37. The molecule has 1 saturated heterocycles. The van der Waals surface area contributed by atoms with E-state index in [0.717, 1.165) is 39.1 Å². The molecule has 0 atom stereocenters. The van der Waals surface area contributed by atoms with E-state index in [1.54, 1.807) is 0 Å². The lowest BCUT2D eigenvalue weighted by atomic mass is 10.2. The summed E-state index contributed by atoms with van der Waals surface area (Å²) < 4.78 is 0. The Labute approximate surface area is 74.5 Å². The van der Waals surface area contributed by atoms with Crippen molar-refractivity contribution in [1.82, 2.24) is 9.91 Å². The molecule has 1 fully saturated rings. The molecule has 4 N–H and O–H groups in total. The third kappa shape index (κ3) is 3.49. The van der Waals surface area contributed by atoms with Gasteiger partial charge >= 0.3 is 0 Å². The summed E-state index contributed by atoms with van der Waals surface area (Å²) in [6.45, 7) is 6.23. The zero-order chi connectivity index (χ0) is 8.81. The van der Waals surface area contributed by atoms with Crippen LogP contribution in [0, 0.1) is 0 Å². The van der Waals surface area contributed by atoms with Gasteiger partial charge in [0.1, 0.15) is 0 Å². The van der Waals surface area contributed by atoms with Crippen LogP contribution in [0.1, 0.15) is 12.8 Å². The van der Waals surface area contributed by atoms with Gasteiger partial charge in [0, 0.05) is 26.2 Å². The zero-order valence-corrected chi connectivity index (χ0v) is 7.71. The number of nitrogens with two attached hydrogens (primary N) is 2. The largest absolute Gasteiger partial charge is 0.330 e. The summed E-state index contributed by atoms with van der Waals surface area (Å²) in [6.07, 6.45) is 2.36. The van der Waals surface area contributed by atoms with Crippen LogP contribution in [0.25, 0.3) is 0 Å². The van der Waals surface area contributed by atoms with Crippen LogP contribution in [-0.2, 0) is 0 Å². The van der Waals surface area contributed by atoms with Gasteiger partial charge in [-0.05, 0) is 25.9 Å². The van der Waals surface area contributed by atoms with Crippen LogP contribution in [0.5, 0.6) is 0 Å². The minimum atomic E-state index is 0.816. The quantitative estimate of drug-likeness (QED) is 0.431. The van der Waals surface area contributed by atoms with Crippen LogP contribution in [0.3, 0.4) is 0 Å². The molecular formula is C8H20N4. The average molecular weight is 172 g/mol. The van der Waals surface area contributed by atoms with Crippen molar-refractivity contribution in [3.8, 4) is 0 Å². The fourth-order valence-corrected chi connectivity index (χ4v) is 1.47. The van der Waals surface area contributed by atoms with Crippen molar-refractivity contribution >= 4 is 0 Å². The Kier molecular flexibility index (Phi) is 4.53. The van der Waals surface area contributed by atoms with Gasteiger partial charge in [-0.3, -0.25) is 5.84 Å². The second kappa shape index (κ2) is 5.48. The third-order valence-corrected chi connectivity index (χ3v) is 2.34. The van der Waals surface area contributed by atoms with Crippen molar-refractivity contribution in [2.24, 2.45) is 11.6 Å². The second-order valence-electron chi connectivity index (χ2n) is 3.37. The molecule has 0 unspecified atom stereocenters. The lowest BCUT2D eigenvalue weighted by Gasteiger charge is -2.31. The van der Waals surface area contributed by atoms with Crippen molar-refractivity contribution in [1.29, 1.82) is 0 Å². The molecule has 0 aromatic heterocycles. The van der Waals surface area contributed by atoms with E-state index < -0.39 is 0 Å². The average Bonchev–Trinajstić information content (AvgIpc) is 2.09. The molecule has 1 aliphatic heterocycles. The van der Waals surface area contributed by atoms with Gasteiger partial charge in [-0.2, -0.15) is 0 Å². The number of hydrogen-bond donors (Lipinski definition) is 2. The van der Waals surface area contributed by atoms with Gasteiger partial charge < -0.3 is 10.6 Å². The number of unbranched alkanes of at least 4 members (excludes halogenated alkanes) is 1. The zero-order valence-electron chi connectivity index (χ0n) is 7.71. The summed E-state index contributed by atoms with van der Waals surface area (Å²) in [7, 11) is 0. The van der Waals surface area contributed by atoms with Crippen molar-refractivity contribution in [3.63, 3.8) is 0 Å². The molecule has 1 heterocycles. The van der Waals surface area contributed by atoms with Crippen molar-refractivity contribution < 1.29 is 0 Å². The van der Waals surface area contributed by atoms with Gasteiger partial charge in [0.25, 0.3) is 0 Å². The molecule has 4 heteroatoms. The van der Waals surface area contributed by atoms with E-state index in [-0.39, 0.29) is 0 Å². The Balaban J connectivity index is 2.01. The van der Waals surface area contributed by atoms with Crippen molar-refractivity contribution in [2.75, 3.05) is 39.3 Å². The van der Waals surface area contributed by atoms with Crippen LogP contribution < -0.4 is 11.6 Å². The fourth-order valence-electron chi connectivity index (χ4n) is 1.47. The van der Waals surface area contributed by atoms with Crippen LogP contribution in [0.4, 0.5) is 0 Å². The molecule has 4 nitrogen and oxygen atoms in total. The first-order valence-electron chi connectivity index (χ1n) is 4.75. The third-order valence-electron chi connectivity index (χ3n) is 2.34. The molecule has 1 rings (SSSR count). The molecule has 0 saturated carbocycles. The normalized spacial score (nSPS) is 21.5. The highest BCUT2D eigenvalue weighted by Gasteiger charge is 2.12. The Hall–Kier alpha value is -0.160. The van der Waals surface area contributed by atoms with Gasteiger partial charge in [0.15, 0.2) is 0 Å². The number of rotatable bonds is 4. The van der Waals surface area contributed by atoms with Crippen LogP contribution in [-0.4, -0.2) is 49.2 Å². The fraction of sp³-hybridized carbons (Fsp3) is 1.00. The van der Waals surface area contributed by atoms with Crippen molar-refractivity contribution in [2.45, 2.75) is 12.8 Å². The minimum Gasteiger partial charge on any atom is -0.330 e. The standard InChI is InChI=1S/C8H20N4/c9-3-1-2-4-11-5-7-12(10)8-6-11/h1-10H2. The summed E-state index contributed by atoms with van der Waals surface area (Å²) >= 11 is 0. The Morgan fingerprint density at radius 1 is 1.00 bits per heavy atom. The number of hydrazine groups is 1. The topological polar surface area (TPSA) is 58.5 Å². The molecular weight excluding hydrogens is 152 g/mol. The highest BCUT2D eigenvalue weighted by Crippen LogP contribution is 1.99. The Morgan fingerprint density at radius 2 is 1.67 bits per heavy atom. The predicted molar refractivity (Wildman–Crippen MR) is 50.5 cm³/mol. The maximum absolute atomic E-state index is 5.64. The van der Waals surface area contributed by atoms with Gasteiger partial charge in [0.05, 0.1) is 0 Å². The summed E-state index contributed by atoms with van der Waals surface area (Å²) in [5.41, 5.74) is 5.42. The molecule has 0 bridgehead atoms. The molecule has 0 aromatic rings. The number of hydrogen-bond acceptors (Lipinski definition) is 4. The van der Waals surface area contributed by atoms with Crippen LogP contribution >= 0.6 is 0 Å².